The predicted molar refractivity (Wildman–Crippen MR) is 64.5 cm³/mol. The topological polar surface area (TPSA) is 35.2 Å². The molecule has 0 saturated heterocycles. The Morgan fingerprint density at radius 1 is 1.35 bits per heavy atom. The number of benzene rings is 1. The molecule has 3 rings (SSSR count). The highest BCUT2D eigenvalue weighted by atomic mass is 19.1. The van der Waals surface area contributed by atoms with E-state index >= 15 is 0 Å². The van der Waals surface area contributed by atoms with Crippen LogP contribution in [-0.2, 0) is 6.42 Å². The Hall–Kier alpha value is -1.09. The fourth-order valence-electron chi connectivity index (χ4n) is 3.14. The van der Waals surface area contributed by atoms with Crippen molar-refractivity contribution in [1.82, 2.24) is 0 Å². The van der Waals surface area contributed by atoms with Crippen LogP contribution in [0.5, 0.6) is 5.75 Å². The Bertz CT molecular complexity index is 426. The summed E-state index contributed by atoms with van der Waals surface area (Å²) in [5, 5.41) is 0. The molecule has 1 saturated carbocycles. The molecule has 1 aliphatic heterocycles. The van der Waals surface area contributed by atoms with Crippen LogP contribution in [0.2, 0.25) is 0 Å². The van der Waals surface area contributed by atoms with Gasteiger partial charge in [-0.15, -0.1) is 0 Å². The summed E-state index contributed by atoms with van der Waals surface area (Å²) in [6.45, 7) is 0. The Kier molecular flexibility index (Phi) is 2.58. The third-order valence-electron chi connectivity index (χ3n) is 4.00. The minimum atomic E-state index is -0.184. The van der Waals surface area contributed by atoms with Gasteiger partial charge in [-0.2, -0.15) is 0 Å². The van der Waals surface area contributed by atoms with Crippen molar-refractivity contribution >= 4 is 0 Å². The zero-order chi connectivity index (χ0) is 11.9. The van der Waals surface area contributed by atoms with Crippen molar-refractivity contribution in [2.45, 2.75) is 50.2 Å². The summed E-state index contributed by atoms with van der Waals surface area (Å²) < 4.78 is 18.9. The minimum absolute atomic E-state index is 0.0503. The second kappa shape index (κ2) is 3.98. The second-order valence-electron chi connectivity index (χ2n) is 5.47. The molecule has 1 aliphatic carbocycles. The lowest BCUT2D eigenvalue weighted by Gasteiger charge is -2.26. The van der Waals surface area contributed by atoms with Gasteiger partial charge in [0.25, 0.3) is 0 Å². The average molecular weight is 235 g/mol. The first-order valence-corrected chi connectivity index (χ1v) is 6.39. The standard InChI is InChI=1S/C14H18FNO/c15-11-3-4-13-10(7-11)8-12(17-13)9-14(16)5-1-2-6-14/h3-4,7,12H,1-2,5-6,8-9,16H2. The summed E-state index contributed by atoms with van der Waals surface area (Å²) in [6, 6.07) is 4.75. The van der Waals surface area contributed by atoms with E-state index in [-0.39, 0.29) is 17.5 Å². The summed E-state index contributed by atoms with van der Waals surface area (Å²) in [5.74, 6) is 0.648. The van der Waals surface area contributed by atoms with Crippen LogP contribution in [0.3, 0.4) is 0 Å². The van der Waals surface area contributed by atoms with Gasteiger partial charge in [-0.25, -0.2) is 4.39 Å². The fraction of sp³-hybridized carbons (Fsp3) is 0.571. The number of hydrogen-bond acceptors (Lipinski definition) is 2. The maximum Gasteiger partial charge on any atom is 0.123 e. The van der Waals surface area contributed by atoms with E-state index in [4.69, 9.17) is 10.5 Å². The van der Waals surface area contributed by atoms with Gasteiger partial charge in [0.2, 0.25) is 0 Å². The molecule has 0 radical (unpaired) electrons. The SMILES string of the molecule is NC1(CC2Cc3cc(F)ccc3O2)CCCC1. The first-order chi connectivity index (χ1) is 8.15. The molecule has 1 aromatic carbocycles. The van der Waals surface area contributed by atoms with Gasteiger partial charge in [0, 0.05) is 23.9 Å². The highest BCUT2D eigenvalue weighted by Crippen LogP contribution is 2.37. The third kappa shape index (κ3) is 2.16. The van der Waals surface area contributed by atoms with Crippen LogP contribution in [0, 0.1) is 5.82 Å². The summed E-state index contributed by atoms with van der Waals surface area (Å²) in [7, 11) is 0. The molecule has 0 bridgehead atoms. The van der Waals surface area contributed by atoms with Gasteiger partial charge in [0.15, 0.2) is 0 Å². The molecular weight excluding hydrogens is 217 g/mol. The van der Waals surface area contributed by atoms with E-state index < -0.39 is 0 Å². The van der Waals surface area contributed by atoms with E-state index in [0.29, 0.717) is 0 Å². The molecule has 0 spiro atoms. The summed E-state index contributed by atoms with van der Waals surface area (Å²) in [4.78, 5) is 0. The van der Waals surface area contributed by atoms with Crippen molar-refractivity contribution in [1.29, 1.82) is 0 Å². The Morgan fingerprint density at radius 3 is 2.88 bits per heavy atom. The lowest BCUT2D eigenvalue weighted by molar-refractivity contribution is 0.180. The van der Waals surface area contributed by atoms with Crippen LogP contribution in [0.25, 0.3) is 0 Å². The molecule has 2 N–H and O–H groups in total. The molecule has 1 atom stereocenters. The number of halogens is 1. The second-order valence-corrected chi connectivity index (χ2v) is 5.47. The highest BCUT2D eigenvalue weighted by molar-refractivity contribution is 5.38. The van der Waals surface area contributed by atoms with Crippen molar-refractivity contribution in [3.05, 3.63) is 29.6 Å². The summed E-state index contributed by atoms with van der Waals surface area (Å²) in [5.41, 5.74) is 7.28. The Labute approximate surface area is 101 Å². The molecule has 17 heavy (non-hydrogen) atoms. The van der Waals surface area contributed by atoms with E-state index in [2.05, 4.69) is 0 Å². The van der Waals surface area contributed by atoms with Crippen molar-refractivity contribution in [3.63, 3.8) is 0 Å². The van der Waals surface area contributed by atoms with Crippen LogP contribution < -0.4 is 10.5 Å². The van der Waals surface area contributed by atoms with Crippen molar-refractivity contribution in [3.8, 4) is 5.75 Å². The molecule has 0 aromatic heterocycles. The summed E-state index contributed by atoms with van der Waals surface area (Å²) >= 11 is 0. The van der Waals surface area contributed by atoms with E-state index in [0.717, 1.165) is 37.0 Å². The fourth-order valence-corrected chi connectivity index (χ4v) is 3.14. The van der Waals surface area contributed by atoms with Crippen LogP contribution in [0.4, 0.5) is 4.39 Å². The first kappa shape index (κ1) is 11.0. The van der Waals surface area contributed by atoms with E-state index in [9.17, 15) is 4.39 Å². The molecule has 1 heterocycles. The van der Waals surface area contributed by atoms with Crippen molar-refractivity contribution in [2.75, 3.05) is 0 Å². The highest BCUT2D eigenvalue weighted by Gasteiger charge is 2.35. The van der Waals surface area contributed by atoms with E-state index in [1.807, 2.05) is 0 Å². The number of rotatable bonds is 2. The van der Waals surface area contributed by atoms with Crippen LogP contribution in [0.15, 0.2) is 18.2 Å². The van der Waals surface area contributed by atoms with E-state index in [1.54, 1.807) is 12.1 Å². The van der Waals surface area contributed by atoms with Gasteiger partial charge < -0.3 is 10.5 Å². The summed E-state index contributed by atoms with van der Waals surface area (Å²) in [6.07, 6.45) is 6.47. The lowest BCUT2D eigenvalue weighted by Crippen LogP contribution is -2.41. The van der Waals surface area contributed by atoms with Gasteiger partial charge in [-0.05, 0) is 31.0 Å². The smallest absolute Gasteiger partial charge is 0.123 e. The number of hydrogen-bond donors (Lipinski definition) is 1. The van der Waals surface area contributed by atoms with Gasteiger partial charge in [0.1, 0.15) is 17.7 Å². The molecular formula is C14H18FNO. The predicted octanol–water partition coefficient (Wildman–Crippen LogP) is 2.79. The Balaban J connectivity index is 1.69. The van der Waals surface area contributed by atoms with Crippen molar-refractivity contribution < 1.29 is 9.13 Å². The molecule has 92 valence electrons. The maximum atomic E-state index is 13.1. The van der Waals surface area contributed by atoms with Gasteiger partial charge in [-0.3, -0.25) is 0 Å². The van der Waals surface area contributed by atoms with Gasteiger partial charge in [0.05, 0.1) is 0 Å². The largest absolute Gasteiger partial charge is 0.490 e. The Morgan fingerprint density at radius 2 is 2.12 bits per heavy atom. The number of nitrogens with two attached hydrogens (primary N) is 1. The zero-order valence-electron chi connectivity index (χ0n) is 9.92. The van der Waals surface area contributed by atoms with E-state index in [1.165, 1.54) is 18.9 Å². The normalized spacial score (nSPS) is 25.6. The first-order valence-electron chi connectivity index (χ1n) is 6.39. The van der Waals surface area contributed by atoms with Gasteiger partial charge >= 0.3 is 0 Å². The zero-order valence-corrected chi connectivity index (χ0v) is 9.92. The molecule has 3 heteroatoms. The molecule has 1 fully saturated rings. The maximum absolute atomic E-state index is 13.1. The molecule has 2 nitrogen and oxygen atoms in total. The molecule has 1 aromatic rings. The molecule has 0 amide bonds. The van der Waals surface area contributed by atoms with Gasteiger partial charge in [-0.1, -0.05) is 12.8 Å². The van der Waals surface area contributed by atoms with Crippen LogP contribution in [0.1, 0.15) is 37.7 Å². The molecule has 2 aliphatic rings. The monoisotopic (exact) mass is 235 g/mol. The lowest BCUT2D eigenvalue weighted by atomic mass is 9.90. The molecule has 1 unspecified atom stereocenters. The third-order valence-corrected chi connectivity index (χ3v) is 4.00. The minimum Gasteiger partial charge on any atom is -0.490 e. The quantitative estimate of drug-likeness (QED) is 0.855. The van der Waals surface area contributed by atoms with Crippen LogP contribution >= 0.6 is 0 Å². The average Bonchev–Trinajstić information content (AvgIpc) is 2.84. The van der Waals surface area contributed by atoms with Crippen LogP contribution in [-0.4, -0.2) is 11.6 Å². The number of ether oxygens (including phenoxy) is 1. The number of fused-ring (bicyclic) bond motifs is 1. The van der Waals surface area contributed by atoms with Crippen molar-refractivity contribution in [2.24, 2.45) is 5.73 Å².